The molecule has 2 heterocycles. The summed E-state index contributed by atoms with van der Waals surface area (Å²) >= 11 is 0. The van der Waals surface area contributed by atoms with Gasteiger partial charge in [0.1, 0.15) is 0 Å². The molecule has 1 N–H and O–H groups in total. The minimum Gasteiger partial charge on any atom is -0.313 e. The monoisotopic (exact) mass is 278 g/mol. The first-order chi connectivity index (χ1) is 9.76. The molecule has 1 fully saturated rings. The summed E-state index contributed by atoms with van der Waals surface area (Å²) in [5, 5.41) is 8.28. The van der Waals surface area contributed by atoms with Gasteiger partial charge in [-0.3, -0.25) is 9.58 Å². The Morgan fingerprint density at radius 2 is 2.25 bits per heavy atom. The first kappa shape index (κ1) is 15.5. The van der Waals surface area contributed by atoms with Crippen LogP contribution in [0.25, 0.3) is 0 Å². The van der Waals surface area contributed by atoms with Crippen molar-refractivity contribution in [1.82, 2.24) is 20.0 Å². The Labute approximate surface area is 123 Å². The molecular weight excluding hydrogens is 248 g/mol. The summed E-state index contributed by atoms with van der Waals surface area (Å²) in [6, 6.07) is 2.97. The highest BCUT2D eigenvalue weighted by Gasteiger charge is 2.18. The molecule has 1 saturated heterocycles. The molecule has 0 radical (unpaired) electrons. The van der Waals surface area contributed by atoms with E-state index in [2.05, 4.69) is 46.8 Å². The first-order valence-electron chi connectivity index (χ1n) is 8.28. The quantitative estimate of drug-likeness (QED) is 0.793. The molecule has 2 rings (SSSR count). The average Bonchev–Trinajstić information content (AvgIpc) is 3.08. The van der Waals surface area contributed by atoms with Gasteiger partial charge in [-0.25, -0.2) is 0 Å². The highest BCUT2D eigenvalue weighted by Crippen LogP contribution is 2.13. The zero-order chi connectivity index (χ0) is 14.4. The fourth-order valence-corrected chi connectivity index (χ4v) is 3.09. The highest BCUT2D eigenvalue weighted by atomic mass is 15.3. The number of nitrogens with one attached hydrogen (secondary N) is 1. The van der Waals surface area contributed by atoms with Crippen LogP contribution >= 0.6 is 0 Å². The third kappa shape index (κ3) is 4.06. The Kier molecular flexibility index (Phi) is 6.05. The van der Waals surface area contributed by atoms with Crippen molar-refractivity contribution in [3.8, 4) is 0 Å². The van der Waals surface area contributed by atoms with Gasteiger partial charge in [0.25, 0.3) is 0 Å². The van der Waals surface area contributed by atoms with E-state index < -0.39 is 0 Å². The van der Waals surface area contributed by atoms with Gasteiger partial charge in [0.05, 0.1) is 11.4 Å². The Morgan fingerprint density at radius 1 is 1.40 bits per heavy atom. The molecule has 0 bridgehead atoms. The second kappa shape index (κ2) is 7.79. The topological polar surface area (TPSA) is 33.1 Å². The van der Waals surface area contributed by atoms with E-state index in [1.54, 1.807) is 0 Å². The van der Waals surface area contributed by atoms with Gasteiger partial charge < -0.3 is 5.32 Å². The molecule has 1 aromatic rings. The molecule has 1 atom stereocenters. The number of hydrogen-bond donors (Lipinski definition) is 1. The molecule has 1 aliphatic rings. The van der Waals surface area contributed by atoms with Crippen LogP contribution in [0.1, 0.15) is 51.4 Å². The predicted molar refractivity (Wildman–Crippen MR) is 83.9 cm³/mol. The van der Waals surface area contributed by atoms with Crippen molar-refractivity contribution < 1.29 is 0 Å². The third-order valence-corrected chi connectivity index (χ3v) is 4.14. The van der Waals surface area contributed by atoms with E-state index in [-0.39, 0.29) is 0 Å². The summed E-state index contributed by atoms with van der Waals surface area (Å²) in [6.07, 6.45) is 4.90. The molecule has 4 heteroatoms. The van der Waals surface area contributed by atoms with E-state index in [9.17, 15) is 0 Å². The number of aromatic nitrogens is 2. The molecule has 4 nitrogen and oxygen atoms in total. The van der Waals surface area contributed by atoms with Gasteiger partial charge in [-0.05, 0) is 51.8 Å². The van der Waals surface area contributed by atoms with Crippen molar-refractivity contribution >= 4 is 0 Å². The van der Waals surface area contributed by atoms with E-state index in [1.165, 1.54) is 50.3 Å². The Balaban J connectivity index is 2.00. The summed E-state index contributed by atoms with van der Waals surface area (Å²) < 4.78 is 2.17. The van der Waals surface area contributed by atoms with E-state index >= 15 is 0 Å². The highest BCUT2D eigenvalue weighted by molar-refractivity contribution is 5.10. The minimum atomic E-state index is 0.685. The fraction of sp³-hybridized carbons (Fsp3) is 0.812. The molecule has 114 valence electrons. The number of nitrogens with zero attached hydrogens (tertiary/aromatic N) is 3. The van der Waals surface area contributed by atoms with Gasteiger partial charge in [-0.2, -0.15) is 5.10 Å². The molecule has 0 amide bonds. The van der Waals surface area contributed by atoms with Crippen molar-refractivity contribution in [3.05, 3.63) is 17.5 Å². The van der Waals surface area contributed by atoms with Crippen LogP contribution in [0.4, 0.5) is 0 Å². The second-order valence-corrected chi connectivity index (χ2v) is 5.82. The number of hydrogen-bond acceptors (Lipinski definition) is 3. The Hall–Kier alpha value is -0.870. The van der Waals surface area contributed by atoms with Crippen molar-refractivity contribution in [2.24, 2.45) is 0 Å². The molecule has 1 unspecified atom stereocenters. The van der Waals surface area contributed by atoms with Crippen LogP contribution in [0.15, 0.2) is 6.07 Å². The maximum atomic E-state index is 4.67. The summed E-state index contributed by atoms with van der Waals surface area (Å²) in [5.41, 5.74) is 2.59. The predicted octanol–water partition coefficient (Wildman–Crippen LogP) is 2.43. The summed E-state index contributed by atoms with van der Waals surface area (Å²) in [4.78, 5) is 2.59. The summed E-state index contributed by atoms with van der Waals surface area (Å²) in [6.45, 7) is 12.2. The third-order valence-electron chi connectivity index (χ3n) is 4.14. The lowest BCUT2D eigenvalue weighted by Crippen LogP contribution is -2.38. The van der Waals surface area contributed by atoms with Gasteiger partial charge in [-0.1, -0.05) is 13.8 Å². The van der Waals surface area contributed by atoms with Crippen molar-refractivity contribution in [1.29, 1.82) is 0 Å². The Bertz CT molecular complexity index is 393. The van der Waals surface area contributed by atoms with Gasteiger partial charge in [0, 0.05) is 25.7 Å². The lowest BCUT2D eigenvalue weighted by Gasteiger charge is -2.25. The van der Waals surface area contributed by atoms with E-state index in [0.29, 0.717) is 6.04 Å². The first-order valence-corrected chi connectivity index (χ1v) is 8.28. The number of aryl methyl sites for hydroxylation is 2. The molecule has 20 heavy (non-hydrogen) atoms. The molecule has 0 spiro atoms. The molecule has 1 aliphatic heterocycles. The van der Waals surface area contributed by atoms with Crippen LogP contribution in [0.3, 0.4) is 0 Å². The smallest absolute Gasteiger partial charge is 0.0625 e. The Morgan fingerprint density at radius 3 is 2.85 bits per heavy atom. The second-order valence-electron chi connectivity index (χ2n) is 5.82. The maximum absolute atomic E-state index is 4.67. The van der Waals surface area contributed by atoms with E-state index in [0.717, 1.165) is 19.5 Å². The van der Waals surface area contributed by atoms with Crippen LogP contribution < -0.4 is 5.32 Å². The van der Waals surface area contributed by atoms with Gasteiger partial charge in [0.15, 0.2) is 0 Å². The van der Waals surface area contributed by atoms with Crippen LogP contribution in [0, 0.1) is 0 Å². The summed E-state index contributed by atoms with van der Waals surface area (Å²) in [7, 11) is 0. The normalized spacial score (nSPS) is 19.1. The largest absolute Gasteiger partial charge is 0.313 e. The fourth-order valence-electron chi connectivity index (χ4n) is 3.09. The molecule has 0 aromatic carbocycles. The van der Waals surface area contributed by atoms with Gasteiger partial charge in [-0.15, -0.1) is 0 Å². The van der Waals surface area contributed by atoms with Crippen LogP contribution in [0.2, 0.25) is 0 Å². The van der Waals surface area contributed by atoms with E-state index in [4.69, 9.17) is 0 Å². The molecular formula is C16H30N4. The molecule has 1 aromatic heterocycles. The van der Waals surface area contributed by atoms with Crippen molar-refractivity contribution in [2.75, 3.05) is 19.6 Å². The van der Waals surface area contributed by atoms with Gasteiger partial charge >= 0.3 is 0 Å². The molecule has 0 aliphatic carbocycles. The minimum absolute atomic E-state index is 0.685. The average molecular weight is 278 g/mol. The van der Waals surface area contributed by atoms with Crippen LogP contribution in [-0.4, -0.2) is 40.4 Å². The van der Waals surface area contributed by atoms with E-state index in [1.807, 2.05) is 0 Å². The van der Waals surface area contributed by atoms with Gasteiger partial charge in [0.2, 0.25) is 0 Å². The van der Waals surface area contributed by atoms with Crippen LogP contribution in [-0.2, 0) is 19.5 Å². The number of rotatable bonds is 8. The lowest BCUT2D eigenvalue weighted by molar-refractivity contribution is 0.235. The maximum Gasteiger partial charge on any atom is 0.0625 e. The SMILES string of the molecule is CCCN(Cc1cc(CC)nn1CC)CC1CCCN1. The zero-order valence-corrected chi connectivity index (χ0v) is 13.4. The van der Waals surface area contributed by atoms with Crippen LogP contribution in [0.5, 0.6) is 0 Å². The zero-order valence-electron chi connectivity index (χ0n) is 13.4. The lowest BCUT2D eigenvalue weighted by atomic mass is 10.2. The standard InChI is InChI=1S/C16H30N4/c1-4-10-19(12-15-8-7-9-17-15)13-16-11-14(5-2)18-20(16)6-3/h11,15,17H,4-10,12-13H2,1-3H3. The molecule has 0 saturated carbocycles. The summed E-state index contributed by atoms with van der Waals surface area (Å²) in [5.74, 6) is 0. The van der Waals surface area contributed by atoms with Crippen molar-refractivity contribution in [2.45, 2.75) is 65.6 Å². The van der Waals surface area contributed by atoms with Crippen molar-refractivity contribution in [3.63, 3.8) is 0 Å².